The fourth-order valence-electron chi connectivity index (χ4n) is 0.859. The van der Waals surface area contributed by atoms with E-state index in [-0.39, 0.29) is 23.0 Å². The van der Waals surface area contributed by atoms with E-state index in [0.717, 1.165) is 0 Å². The van der Waals surface area contributed by atoms with Gasteiger partial charge >= 0.3 is 0 Å². The summed E-state index contributed by atoms with van der Waals surface area (Å²) in [6, 6.07) is 0. The van der Waals surface area contributed by atoms with E-state index in [1.54, 1.807) is 0 Å². The van der Waals surface area contributed by atoms with E-state index >= 15 is 0 Å². The van der Waals surface area contributed by atoms with Crippen LogP contribution in [0.5, 0.6) is 5.88 Å². The highest BCUT2D eigenvalue weighted by Crippen LogP contribution is 2.19. The summed E-state index contributed by atoms with van der Waals surface area (Å²) in [7, 11) is 1.45. The molecule has 0 bridgehead atoms. The maximum absolute atomic E-state index is 5.17. The molecule has 2 heterocycles. The largest absolute Gasteiger partial charge is 0.478 e. The van der Waals surface area contributed by atoms with Crippen molar-refractivity contribution in [2.75, 3.05) is 12.5 Å². The molecule has 0 saturated carbocycles. The number of hydrogen-bond acceptors (Lipinski definition) is 8. The number of hydrazine groups is 1. The molecule has 8 nitrogen and oxygen atoms in total. The van der Waals surface area contributed by atoms with Gasteiger partial charge in [-0.3, -0.25) is 0 Å². The number of nitrogen functional groups attached to an aromatic ring is 1. The fourth-order valence-corrected chi connectivity index (χ4v) is 0.859. The van der Waals surface area contributed by atoms with Crippen LogP contribution in [0.25, 0.3) is 11.3 Å². The van der Waals surface area contributed by atoms with Crippen molar-refractivity contribution in [1.82, 2.24) is 20.3 Å². The molecule has 3 N–H and O–H groups in total. The second-order valence-electron chi connectivity index (χ2n) is 2.14. The highest BCUT2D eigenvalue weighted by molar-refractivity contribution is 5.67. The summed E-state index contributed by atoms with van der Waals surface area (Å²) in [5, 5.41) is 6.99. The molecule has 0 aliphatic rings. The third-order valence-corrected chi connectivity index (χ3v) is 1.41. The van der Waals surface area contributed by atoms with Crippen molar-refractivity contribution >= 4 is 17.1 Å². The number of nitrogens with two attached hydrogens (primary N) is 1. The highest BCUT2D eigenvalue weighted by Gasteiger charge is 2.11. The van der Waals surface area contributed by atoms with Gasteiger partial charge in [0.1, 0.15) is 0 Å². The van der Waals surface area contributed by atoms with Crippen LogP contribution < -0.4 is 16.0 Å². The number of hydrogen-bond donors (Lipinski definition) is 2. The van der Waals surface area contributed by atoms with Gasteiger partial charge in [-0.2, -0.15) is 9.97 Å². The summed E-state index contributed by atoms with van der Waals surface area (Å²) in [6.07, 6.45) is 0. The van der Waals surface area contributed by atoms with E-state index in [4.69, 9.17) is 10.6 Å². The fraction of sp³-hybridized carbons (Fsp3) is 0.200. The van der Waals surface area contributed by atoms with Crippen molar-refractivity contribution in [3.05, 3.63) is 0 Å². The van der Waals surface area contributed by atoms with Crippen LogP contribution in [-0.2, 0) is 0 Å². The number of nitrogens with one attached hydrogen (secondary N) is 1. The first-order chi connectivity index (χ1) is 6.35. The molecule has 2 aromatic rings. The lowest BCUT2D eigenvalue weighted by molar-refractivity contribution is 0.313. The van der Waals surface area contributed by atoms with Crippen LogP contribution in [0.15, 0.2) is 4.63 Å². The molecule has 0 radical (unpaired) electrons. The second kappa shape index (κ2) is 2.83. The van der Waals surface area contributed by atoms with Gasteiger partial charge in [0.15, 0.2) is 0 Å². The van der Waals surface area contributed by atoms with Crippen molar-refractivity contribution in [3.63, 3.8) is 0 Å². The minimum absolute atomic E-state index is 0.241. The van der Waals surface area contributed by atoms with Gasteiger partial charge in [-0.05, 0) is 10.3 Å². The average Bonchev–Trinajstić information content (AvgIpc) is 2.62. The zero-order valence-electron chi connectivity index (χ0n) is 6.68. The third-order valence-electron chi connectivity index (χ3n) is 1.41. The quantitative estimate of drug-likeness (QED) is 0.463. The first kappa shape index (κ1) is 7.68. The first-order valence-electron chi connectivity index (χ1n) is 3.36. The Morgan fingerprint density at radius 2 is 2.00 bits per heavy atom. The van der Waals surface area contributed by atoms with Crippen molar-refractivity contribution in [3.8, 4) is 5.88 Å². The van der Waals surface area contributed by atoms with Crippen LogP contribution >= 0.6 is 0 Å². The zero-order chi connectivity index (χ0) is 9.26. The van der Waals surface area contributed by atoms with Crippen molar-refractivity contribution in [2.45, 2.75) is 0 Å². The number of fused-ring (bicyclic) bond motifs is 1. The number of nitrogens with zero attached hydrogens (tertiary/aromatic N) is 4. The zero-order valence-corrected chi connectivity index (χ0v) is 6.68. The van der Waals surface area contributed by atoms with Gasteiger partial charge in [0.05, 0.1) is 7.11 Å². The number of methoxy groups -OCH3 is 1. The molecule has 68 valence electrons. The normalized spacial score (nSPS) is 10.3. The molecule has 0 saturated heterocycles. The van der Waals surface area contributed by atoms with E-state index < -0.39 is 0 Å². The van der Waals surface area contributed by atoms with Gasteiger partial charge in [-0.25, -0.2) is 10.5 Å². The smallest absolute Gasteiger partial charge is 0.260 e. The Morgan fingerprint density at radius 1 is 1.31 bits per heavy atom. The lowest BCUT2D eigenvalue weighted by Crippen LogP contribution is -2.11. The van der Waals surface area contributed by atoms with Crippen LogP contribution in [0.2, 0.25) is 0 Å². The summed E-state index contributed by atoms with van der Waals surface area (Å²) in [6.45, 7) is 0. The van der Waals surface area contributed by atoms with Crippen LogP contribution in [0, 0.1) is 0 Å². The number of ether oxygens (including phenoxy) is 1. The molecule has 0 spiro atoms. The Balaban J connectivity index is 2.67. The van der Waals surface area contributed by atoms with Crippen LogP contribution in [0.3, 0.4) is 0 Å². The molecule has 2 aromatic heterocycles. The maximum Gasteiger partial charge on any atom is 0.260 e. The Hall–Kier alpha value is -1.96. The van der Waals surface area contributed by atoms with Gasteiger partial charge in [0, 0.05) is 0 Å². The molecule has 2 rings (SSSR count). The van der Waals surface area contributed by atoms with E-state index in [2.05, 4.69) is 30.3 Å². The highest BCUT2D eigenvalue weighted by atomic mass is 16.6. The SMILES string of the molecule is COc1nc2nonc2nc1NN. The summed E-state index contributed by atoms with van der Waals surface area (Å²) in [5.41, 5.74) is 2.87. The van der Waals surface area contributed by atoms with E-state index in [9.17, 15) is 0 Å². The van der Waals surface area contributed by atoms with Crippen LogP contribution in [0.1, 0.15) is 0 Å². The van der Waals surface area contributed by atoms with Gasteiger partial charge in [-0.15, -0.1) is 0 Å². The molecule has 0 fully saturated rings. The van der Waals surface area contributed by atoms with Crippen molar-refractivity contribution in [1.29, 1.82) is 0 Å². The van der Waals surface area contributed by atoms with E-state index in [1.165, 1.54) is 7.11 Å². The maximum atomic E-state index is 5.17. The van der Waals surface area contributed by atoms with Gasteiger partial charge in [0.25, 0.3) is 5.88 Å². The summed E-state index contributed by atoms with van der Waals surface area (Å²) >= 11 is 0. The molecule has 0 unspecified atom stereocenters. The van der Waals surface area contributed by atoms with Crippen LogP contribution in [-0.4, -0.2) is 27.4 Å². The summed E-state index contributed by atoms with van der Waals surface area (Å²) in [5.74, 6) is 5.70. The molecular weight excluding hydrogens is 176 g/mol. The van der Waals surface area contributed by atoms with Crippen LogP contribution in [0.4, 0.5) is 5.82 Å². The first-order valence-corrected chi connectivity index (χ1v) is 3.36. The Labute approximate surface area is 72.0 Å². The molecule has 0 aliphatic carbocycles. The molecule has 0 aliphatic heterocycles. The summed E-state index contributed by atoms with van der Waals surface area (Å²) in [4.78, 5) is 7.86. The predicted octanol–water partition coefficient (Wildman–Crippen LogP) is -0.693. The van der Waals surface area contributed by atoms with Crippen molar-refractivity contribution < 1.29 is 9.37 Å². The second-order valence-corrected chi connectivity index (χ2v) is 2.14. The average molecular weight is 182 g/mol. The molecule has 0 aromatic carbocycles. The minimum atomic E-state index is 0.241. The monoisotopic (exact) mass is 182 g/mol. The van der Waals surface area contributed by atoms with E-state index in [0.29, 0.717) is 0 Å². The lowest BCUT2D eigenvalue weighted by Gasteiger charge is -2.02. The molecule has 8 heteroatoms. The lowest BCUT2D eigenvalue weighted by atomic mass is 10.6. The topological polar surface area (TPSA) is 112 Å². The number of aromatic nitrogens is 4. The van der Waals surface area contributed by atoms with Gasteiger partial charge in [-0.1, -0.05) is 0 Å². The number of rotatable bonds is 2. The molecule has 0 amide bonds. The number of anilines is 1. The Bertz CT molecular complexity index is 388. The predicted molar refractivity (Wildman–Crippen MR) is 41.8 cm³/mol. The molecule has 13 heavy (non-hydrogen) atoms. The summed E-state index contributed by atoms with van der Waals surface area (Å²) < 4.78 is 9.30. The minimum Gasteiger partial charge on any atom is -0.478 e. The Morgan fingerprint density at radius 3 is 2.62 bits per heavy atom. The van der Waals surface area contributed by atoms with E-state index in [1.807, 2.05) is 0 Å². The van der Waals surface area contributed by atoms with Crippen molar-refractivity contribution in [2.24, 2.45) is 5.84 Å². The molecule has 0 atom stereocenters. The molecular formula is C5H6N6O2. The standard InChI is InChI=1S/C5H6N6O2/c1-12-5-4(9-6)7-2-3(8-5)11-13-10-2/h6H2,1H3,(H,7,9,10). The van der Waals surface area contributed by atoms with Gasteiger partial charge < -0.3 is 10.2 Å². The Kier molecular flexibility index (Phi) is 1.67. The third kappa shape index (κ3) is 1.12. The van der Waals surface area contributed by atoms with Gasteiger partial charge in [0.2, 0.25) is 17.1 Å².